The largest absolute Gasteiger partial charge is 0.491 e. The molecule has 19 heavy (non-hydrogen) atoms. The van der Waals surface area contributed by atoms with Crippen LogP contribution in [-0.2, 0) is 20.0 Å². The van der Waals surface area contributed by atoms with Crippen molar-refractivity contribution in [1.29, 1.82) is 0 Å². The molecule has 0 aliphatic heterocycles. The molecule has 4 nitrogen and oxygen atoms in total. The maximum atomic E-state index is 5.81. The second kappa shape index (κ2) is 6.54. The van der Waals surface area contributed by atoms with Crippen molar-refractivity contribution in [1.82, 2.24) is 9.78 Å². The minimum Gasteiger partial charge on any atom is -0.491 e. The quantitative estimate of drug-likeness (QED) is 0.856. The van der Waals surface area contributed by atoms with E-state index in [1.165, 1.54) is 0 Å². The van der Waals surface area contributed by atoms with Crippen LogP contribution in [0.5, 0.6) is 5.75 Å². The Kier molecular flexibility index (Phi) is 5.01. The van der Waals surface area contributed by atoms with Gasteiger partial charge in [-0.15, -0.1) is 0 Å². The summed E-state index contributed by atoms with van der Waals surface area (Å²) in [5, 5.41) is 4.13. The summed E-state index contributed by atoms with van der Waals surface area (Å²) in [6.07, 6.45) is 4.67. The third kappa shape index (κ3) is 3.81. The van der Waals surface area contributed by atoms with E-state index in [0.717, 1.165) is 32.2 Å². The third-order valence-electron chi connectivity index (χ3n) is 2.69. The molecule has 2 rings (SSSR count). The van der Waals surface area contributed by atoms with Crippen LogP contribution in [0, 0.1) is 0 Å². The molecule has 0 fully saturated rings. The van der Waals surface area contributed by atoms with Crippen LogP contribution in [0.25, 0.3) is 0 Å². The Labute approximate surface area is 129 Å². The summed E-state index contributed by atoms with van der Waals surface area (Å²) >= 11 is 7.00. The molecule has 0 unspecified atom stereocenters. The van der Waals surface area contributed by atoms with Gasteiger partial charge >= 0.3 is 0 Å². The Morgan fingerprint density at radius 2 is 1.95 bits per heavy atom. The molecule has 0 radical (unpaired) electrons. The van der Waals surface area contributed by atoms with Crippen LogP contribution >= 0.6 is 31.9 Å². The fourth-order valence-corrected chi connectivity index (χ4v) is 3.25. The first-order valence-electron chi connectivity index (χ1n) is 5.88. The van der Waals surface area contributed by atoms with Crippen LogP contribution in [0.3, 0.4) is 0 Å². The molecule has 1 aromatic carbocycles. The second-order valence-electron chi connectivity index (χ2n) is 4.21. The number of ether oxygens (including phenoxy) is 1. The van der Waals surface area contributed by atoms with Crippen molar-refractivity contribution < 1.29 is 4.74 Å². The van der Waals surface area contributed by atoms with E-state index < -0.39 is 0 Å². The highest BCUT2D eigenvalue weighted by molar-refractivity contribution is 9.11. The summed E-state index contributed by atoms with van der Waals surface area (Å²) in [5.74, 6) is 0.807. The molecule has 102 valence electrons. The number of nitrogens with two attached hydrogens (primary N) is 1. The molecule has 0 saturated heterocycles. The zero-order valence-corrected chi connectivity index (χ0v) is 13.7. The van der Waals surface area contributed by atoms with Gasteiger partial charge in [0.25, 0.3) is 0 Å². The van der Waals surface area contributed by atoms with Crippen molar-refractivity contribution in [3.05, 3.63) is 44.6 Å². The molecular weight excluding hydrogens is 374 g/mol. The number of hydrogen-bond acceptors (Lipinski definition) is 3. The monoisotopic (exact) mass is 387 g/mol. The first-order chi connectivity index (χ1) is 9.10. The minimum absolute atomic E-state index is 0.507. The smallest absolute Gasteiger partial charge is 0.147 e. The highest BCUT2D eigenvalue weighted by Crippen LogP contribution is 2.34. The fraction of sp³-hybridized carbons (Fsp3) is 0.308. The van der Waals surface area contributed by atoms with Crippen molar-refractivity contribution in [2.24, 2.45) is 12.8 Å². The normalized spacial score (nSPS) is 10.7. The molecule has 0 saturated carbocycles. The van der Waals surface area contributed by atoms with Gasteiger partial charge in [-0.3, -0.25) is 4.68 Å². The lowest BCUT2D eigenvalue weighted by molar-refractivity contribution is 0.318. The molecule has 0 aliphatic rings. The van der Waals surface area contributed by atoms with Gasteiger partial charge in [0.05, 0.1) is 21.7 Å². The molecule has 0 atom stereocenters. The zero-order valence-electron chi connectivity index (χ0n) is 10.6. The highest BCUT2D eigenvalue weighted by Gasteiger charge is 2.08. The molecule has 1 heterocycles. The standard InChI is InChI=1S/C13H15Br2N3O/c1-18-8-9(7-17-18)2-3-19-13-11(14)4-10(6-16)5-12(13)15/h4-5,7-8H,2-3,6,16H2,1H3. The highest BCUT2D eigenvalue weighted by atomic mass is 79.9. The lowest BCUT2D eigenvalue weighted by Crippen LogP contribution is -2.03. The fourth-order valence-electron chi connectivity index (χ4n) is 1.74. The molecule has 6 heteroatoms. The summed E-state index contributed by atoms with van der Waals surface area (Å²) in [6, 6.07) is 3.95. The predicted molar refractivity (Wildman–Crippen MR) is 82.1 cm³/mol. The molecule has 2 N–H and O–H groups in total. The molecule has 0 aliphatic carbocycles. The van der Waals surface area contributed by atoms with Crippen LogP contribution < -0.4 is 10.5 Å². The minimum atomic E-state index is 0.507. The summed E-state index contributed by atoms with van der Waals surface area (Å²) in [4.78, 5) is 0. The van der Waals surface area contributed by atoms with Crippen molar-refractivity contribution in [2.75, 3.05) is 6.61 Å². The summed E-state index contributed by atoms with van der Waals surface area (Å²) in [5.41, 5.74) is 7.84. The zero-order chi connectivity index (χ0) is 13.8. The summed E-state index contributed by atoms with van der Waals surface area (Å²) in [7, 11) is 1.91. The van der Waals surface area contributed by atoms with E-state index in [2.05, 4.69) is 37.0 Å². The van der Waals surface area contributed by atoms with Crippen LogP contribution in [0.4, 0.5) is 0 Å². The Bertz CT molecular complexity index is 546. The lowest BCUT2D eigenvalue weighted by atomic mass is 10.2. The van der Waals surface area contributed by atoms with E-state index in [4.69, 9.17) is 10.5 Å². The first kappa shape index (κ1) is 14.6. The predicted octanol–water partition coefficient (Wildman–Crippen LogP) is 3.03. The van der Waals surface area contributed by atoms with E-state index >= 15 is 0 Å². The average Bonchev–Trinajstić information content (AvgIpc) is 2.78. The van der Waals surface area contributed by atoms with Gasteiger partial charge in [0.2, 0.25) is 0 Å². The number of nitrogens with zero attached hydrogens (tertiary/aromatic N) is 2. The van der Waals surface area contributed by atoms with Gasteiger partial charge in [-0.25, -0.2) is 0 Å². The molecule has 0 spiro atoms. The van der Waals surface area contributed by atoms with Crippen molar-refractivity contribution in [3.8, 4) is 5.75 Å². The second-order valence-corrected chi connectivity index (χ2v) is 5.92. The maximum Gasteiger partial charge on any atom is 0.147 e. The summed E-state index contributed by atoms with van der Waals surface area (Å²) < 4.78 is 9.42. The van der Waals surface area contributed by atoms with Gasteiger partial charge in [0, 0.05) is 26.2 Å². The van der Waals surface area contributed by atoms with Gasteiger partial charge in [-0.1, -0.05) is 0 Å². The van der Waals surface area contributed by atoms with E-state index in [1.54, 1.807) is 4.68 Å². The Balaban J connectivity index is 1.99. The van der Waals surface area contributed by atoms with E-state index in [9.17, 15) is 0 Å². The Morgan fingerprint density at radius 3 is 2.47 bits per heavy atom. The molecule has 1 aromatic heterocycles. The van der Waals surface area contributed by atoms with Gasteiger partial charge in [-0.05, 0) is 55.1 Å². The van der Waals surface area contributed by atoms with E-state index in [-0.39, 0.29) is 0 Å². The lowest BCUT2D eigenvalue weighted by Gasteiger charge is -2.11. The summed E-state index contributed by atoms with van der Waals surface area (Å²) in [6.45, 7) is 1.11. The first-order valence-corrected chi connectivity index (χ1v) is 7.47. The molecular formula is C13H15Br2N3O. The van der Waals surface area contributed by atoms with E-state index in [1.807, 2.05) is 31.6 Å². The van der Waals surface area contributed by atoms with Crippen LogP contribution in [0.15, 0.2) is 33.5 Å². The SMILES string of the molecule is Cn1cc(CCOc2c(Br)cc(CN)cc2Br)cn1. The molecule has 0 bridgehead atoms. The van der Waals surface area contributed by atoms with Crippen molar-refractivity contribution in [3.63, 3.8) is 0 Å². The number of halogens is 2. The van der Waals surface area contributed by atoms with Crippen LogP contribution in [-0.4, -0.2) is 16.4 Å². The number of hydrogen-bond donors (Lipinski definition) is 1. The number of benzene rings is 1. The number of rotatable bonds is 5. The Morgan fingerprint density at radius 1 is 1.26 bits per heavy atom. The Hall–Kier alpha value is -0.850. The van der Waals surface area contributed by atoms with Gasteiger partial charge in [0.15, 0.2) is 0 Å². The number of aryl methyl sites for hydroxylation is 1. The third-order valence-corrected chi connectivity index (χ3v) is 3.87. The number of aromatic nitrogens is 2. The molecule has 0 amide bonds. The van der Waals surface area contributed by atoms with Crippen molar-refractivity contribution >= 4 is 31.9 Å². The average molecular weight is 389 g/mol. The van der Waals surface area contributed by atoms with Crippen LogP contribution in [0.2, 0.25) is 0 Å². The van der Waals surface area contributed by atoms with Gasteiger partial charge in [-0.2, -0.15) is 5.10 Å². The van der Waals surface area contributed by atoms with Crippen LogP contribution in [0.1, 0.15) is 11.1 Å². The van der Waals surface area contributed by atoms with Crippen molar-refractivity contribution in [2.45, 2.75) is 13.0 Å². The van der Waals surface area contributed by atoms with Gasteiger partial charge < -0.3 is 10.5 Å². The van der Waals surface area contributed by atoms with Gasteiger partial charge in [0.1, 0.15) is 5.75 Å². The maximum absolute atomic E-state index is 5.81. The topological polar surface area (TPSA) is 53.1 Å². The molecule has 2 aromatic rings. The van der Waals surface area contributed by atoms with E-state index in [0.29, 0.717) is 13.2 Å².